The highest BCUT2D eigenvalue weighted by Crippen LogP contribution is 2.34. The number of rotatable bonds is 7. The zero-order valence-electron chi connectivity index (χ0n) is 18.0. The second-order valence-electron chi connectivity index (χ2n) is 8.44. The van der Waals surface area contributed by atoms with E-state index in [4.69, 9.17) is 4.52 Å². The molecule has 1 saturated heterocycles. The molecule has 2 aromatic carbocycles. The fraction of sp³-hybridized carbons (Fsp3) is 0.348. The van der Waals surface area contributed by atoms with E-state index >= 15 is 0 Å². The van der Waals surface area contributed by atoms with Gasteiger partial charge in [0.15, 0.2) is 5.58 Å². The number of aromatic nitrogens is 1. The summed E-state index contributed by atoms with van der Waals surface area (Å²) in [6.07, 6.45) is 2.26. The predicted molar refractivity (Wildman–Crippen MR) is 124 cm³/mol. The number of hydrogen-bond acceptors (Lipinski definition) is 6. The van der Waals surface area contributed by atoms with Crippen molar-refractivity contribution in [2.75, 3.05) is 19.6 Å². The highest BCUT2D eigenvalue weighted by Gasteiger charge is 2.29. The minimum absolute atomic E-state index is 0.174. The van der Waals surface area contributed by atoms with Crippen LogP contribution in [0.3, 0.4) is 0 Å². The van der Waals surface area contributed by atoms with Crippen molar-refractivity contribution in [1.82, 2.24) is 14.8 Å². The van der Waals surface area contributed by atoms with Crippen LogP contribution in [0.1, 0.15) is 24.1 Å². The molecule has 0 bridgehead atoms. The van der Waals surface area contributed by atoms with E-state index in [1.54, 1.807) is 19.1 Å². The van der Waals surface area contributed by atoms with Crippen LogP contribution in [0.15, 0.2) is 45.1 Å². The summed E-state index contributed by atoms with van der Waals surface area (Å²) >= 11 is 1.17. The second kappa shape index (κ2) is 8.75. The lowest BCUT2D eigenvalue weighted by molar-refractivity contribution is 0.326. The molecule has 1 atom stereocenters. The molecule has 6 nitrogen and oxygen atoms in total. The number of thiophene rings is 1. The molecular weight excluding hydrogens is 468 g/mol. The third-order valence-corrected chi connectivity index (χ3v) is 9.50. The second-order valence-corrected chi connectivity index (χ2v) is 11.4. The van der Waals surface area contributed by atoms with Gasteiger partial charge in [-0.25, -0.2) is 21.9 Å². The summed E-state index contributed by atoms with van der Waals surface area (Å²) in [5.74, 6) is -0.730. The Hall–Kier alpha value is -2.40. The molecule has 0 saturated carbocycles. The van der Waals surface area contributed by atoms with Crippen molar-refractivity contribution in [3.8, 4) is 0 Å². The lowest BCUT2D eigenvalue weighted by atomic mass is 10.1. The van der Waals surface area contributed by atoms with E-state index < -0.39 is 10.0 Å². The minimum atomic E-state index is -3.69. The molecule has 10 heteroatoms. The zero-order chi connectivity index (χ0) is 23.2. The fourth-order valence-electron chi connectivity index (χ4n) is 4.45. The van der Waals surface area contributed by atoms with E-state index in [1.807, 2.05) is 0 Å². The Morgan fingerprint density at radius 3 is 2.82 bits per heavy atom. The van der Waals surface area contributed by atoms with Gasteiger partial charge in [0, 0.05) is 28.7 Å². The van der Waals surface area contributed by atoms with Crippen molar-refractivity contribution in [2.24, 2.45) is 0 Å². The maximum absolute atomic E-state index is 13.6. The number of benzene rings is 2. The fourth-order valence-corrected chi connectivity index (χ4v) is 7.47. The molecule has 3 heterocycles. The third kappa shape index (κ3) is 4.52. The van der Waals surface area contributed by atoms with Crippen molar-refractivity contribution in [1.29, 1.82) is 0 Å². The van der Waals surface area contributed by atoms with E-state index in [0.717, 1.165) is 41.7 Å². The largest absolute Gasteiger partial charge is 0.356 e. The van der Waals surface area contributed by atoms with Gasteiger partial charge in [-0.3, -0.25) is 0 Å². The van der Waals surface area contributed by atoms with Crippen LogP contribution in [0.25, 0.3) is 21.1 Å². The monoisotopic (exact) mass is 491 g/mol. The van der Waals surface area contributed by atoms with Gasteiger partial charge in [0.25, 0.3) is 10.0 Å². The Kier molecular flexibility index (Phi) is 5.94. The summed E-state index contributed by atoms with van der Waals surface area (Å²) in [5.41, 5.74) is 1.83. The van der Waals surface area contributed by atoms with Crippen molar-refractivity contribution >= 4 is 42.4 Å². The Balaban J connectivity index is 1.18. The third-order valence-electron chi connectivity index (χ3n) is 6.09. The Labute approximate surface area is 194 Å². The van der Waals surface area contributed by atoms with Crippen LogP contribution in [0.4, 0.5) is 8.78 Å². The number of sulfonamides is 1. The van der Waals surface area contributed by atoms with Gasteiger partial charge in [0.2, 0.25) is 0 Å². The summed E-state index contributed by atoms with van der Waals surface area (Å²) < 4.78 is 62.0. The smallest absolute Gasteiger partial charge is 0.250 e. The van der Waals surface area contributed by atoms with E-state index in [9.17, 15) is 17.2 Å². The first kappa shape index (κ1) is 22.4. The van der Waals surface area contributed by atoms with E-state index in [2.05, 4.69) is 14.8 Å². The van der Waals surface area contributed by atoms with E-state index in [0.29, 0.717) is 29.5 Å². The molecule has 174 valence electrons. The average molecular weight is 492 g/mol. The van der Waals surface area contributed by atoms with Gasteiger partial charge in [0.05, 0.1) is 5.69 Å². The highest BCUT2D eigenvalue weighted by molar-refractivity contribution is 7.91. The first-order valence-corrected chi connectivity index (χ1v) is 13.1. The first-order valence-electron chi connectivity index (χ1n) is 10.8. The van der Waals surface area contributed by atoms with Gasteiger partial charge in [-0.05, 0) is 80.6 Å². The van der Waals surface area contributed by atoms with Crippen LogP contribution in [0.5, 0.6) is 0 Å². The molecule has 0 amide bonds. The summed E-state index contributed by atoms with van der Waals surface area (Å²) in [6, 6.07) is 8.58. The molecule has 0 radical (unpaired) electrons. The SMILES string of the molecule is Cc1c(S(=O)(=O)N[C@@H]2CCN(CCCc3noc4cc(F)ccc34)C2)sc2ccc(F)cc12. The lowest BCUT2D eigenvalue weighted by Gasteiger charge is -2.16. The standard InChI is InChI=1S/C23H23F2N3O3S2/c1-14-19-11-15(24)5-7-22(19)32-23(14)33(29,30)27-17-8-10-28(13-17)9-2-3-20-18-6-4-16(25)12-21(18)31-26-20/h4-7,11-12,17,27H,2-3,8-10,13H2,1H3/t17-/m1/s1. The van der Waals surface area contributed by atoms with Gasteiger partial charge in [0.1, 0.15) is 15.8 Å². The van der Waals surface area contributed by atoms with Crippen LogP contribution >= 0.6 is 11.3 Å². The highest BCUT2D eigenvalue weighted by atomic mass is 32.2. The van der Waals surface area contributed by atoms with Crippen molar-refractivity contribution in [2.45, 2.75) is 36.4 Å². The summed E-state index contributed by atoms with van der Waals surface area (Å²) in [4.78, 5) is 2.22. The van der Waals surface area contributed by atoms with Crippen LogP contribution in [-0.4, -0.2) is 44.2 Å². The molecule has 33 heavy (non-hydrogen) atoms. The molecule has 1 fully saturated rings. The summed E-state index contributed by atoms with van der Waals surface area (Å²) in [6.45, 7) is 3.95. The number of fused-ring (bicyclic) bond motifs is 2. The first-order chi connectivity index (χ1) is 15.8. The molecular formula is C23H23F2N3O3S2. The van der Waals surface area contributed by atoms with Gasteiger partial charge < -0.3 is 9.42 Å². The van der Waals surface area contributed by atoms with Crippen LogP contribution in [0.2, 0.25) is 0 Å². The van der Waals surface area contributed by atoms with Crippen molar-refractivity contribution in [3.05, 3.63) is 59.3 Å². The van der Waals surface area contributed by atoms with Gasteiger partial charge in [-0.1, -0.05) is 5.16 Å². The predicted octanol–water partition coefficient (Wildman–Crippen LogP) is 4.61. The molecule has 0 spiro atoms. The summed E-state index contributed by atoms with van der Waals surface area (Å²) in [5, 5.41) is 5.51. The van der Waals surface area contributed by atoms with Gasteiger partial charge in [-0.15, -0.1) is 11.3 Å². The Morgan fingerprint density at radius 2 is 1.97 bits per heavy atom. The number of nitrogens with zero attached hydrogens (tertiary/aromatic N) is 2. The normalized spacial score (nSPS) is 17.5. The van der Waals surface area contributed by atoms with Crippen molar-refractivity contribution < 1.29 is 21.7 Å². The molecule has 5 rings (SSSR count). The number of nitrogens with one attached hydrogen (secondary N) is 1. The van der Waals surface area contributed by atoms with Crippen LogP contribution in [-0.2, 0) is 16.4 Å². The van der Waals surface area contributed by atoms with Crippen LogP contribution < -0.4 is 4.72 Å². The molecule has 1 N–H and O–H groups in total. The average Bonchev–Trinajstić information content (AvgIpc) is 3.46. The lowest BCUT2D eigenvalue weighted by Crippen LogP contribution is -2.37. The van der Waals surface area contributed by atoms with E-state index in [1.165, 1.54) is 35.6 Å². The maximum Gasteiger partial charge on any atom is 0.250 e. The minimum Gasteiger partial charge on any atom is -0.356 e. The van der Waals surface area contributed by atoms with Crippen LogP contribution in [0, 0.1) is 18.6 Å². The number of hydrogen-bond donors (Lipinski definition) is 1. The molecule has 0 unspecified atom stereocenters. The Morgan fingerprint density at radius 1 is 1.18 bits per heavy atom. The zero-order valence-corrected chi connectivity index (χ0v) is 19.6. The van der Waals surface area contributed by atoms with Crippen molar-refractivity contribution in [3.63, 3.8) is 0 Å². The number of halogens is 2. The maximum atomic E-state index is 13.6. The Bertz CT molecular complexity index is 1430. The van der Waals surface area contributed by atoms with Gasteiger partial charge >= 0.3 is 0 Å². The molecule has 1 aliphatic rings. The van der Waals surface area contributed by atoms with E-state index in [-0.39, 0.29) is 21.9 Å². The van der Waals surface area contributed by atoms with Gasteiger partial charge in [-0.2, -0.15) is 0 Å². The number of likely N-dealkylation sites (tertiary alicyclic amines) is 1. The number of aryl methyl sites for hydroxylation is 2. The quantitative estimate of drug-likeness (QED) is 0.409. The topological polar surface area (TPSA) is 75.4 Å². The molecule has 2 aromatic heterocycles. The summed E-state index contributed by atoms with van der Waals surface area (Å²) in [7, 11) is -3.69. The molecule has 4 aromatic rings. The molecule has 0 aliphatic carbocycles. The molecule has 1 aliphatic heterocycles.